The Labute approximate surface area is 280 Å². The molecule has 46 heavy (non-hydrogen) atoms. The lowest BCUT2D eigenvalue weighted by molar-refractivity contribution is -0.140. The monoisotopic (exact) mass is 681 g/mol. The molecule has 0 saturated carbocycles. The van der Waals surface area contributed by atoms with Gasteiger partial charge >= 0.3 is 0 Å². The van der Waals surface area contributed by atoms with Crippen molar-refractivity contribution in [1.29, 1.82) is 0 Å². The van der Waals surface area contributed by atoms with Crippen molar-refractivity contribution in [2.24, 2.45) is 0 Å². The number of carbonyl (C=O) groups excluding carboxylic acids is 2. The number of benzene rings is 4. The third kappa shape index (κ3) is 8.40. The van der Waals surface area contributed by atoms with Gasteiger partial charge in [-0.1, -0.05) is 96.4 Å². The number of hydrogen-bond acceptors (Lipinski definition) is 5. The summed E-state index contributed by atoms with van der Waals surface area (Å²) in [6, 6.07) is 26.2. The van der Waals surface area contributed by atoms with Crippen molar-refractivity contribution in [2.75, 3.05) is 24.5 Å². The fraction of sp³-hybridized carbons (Fsp3) is 0.257. The Kier molecular flexibility index (Phi) is 12.1. The van der Waals surface area contributed by atoms with Gasteiger partial charge < -0.3 is 15.0 Å². The van der Waals surface area contributed by atoms with E-state index in [1.807, 2.05) is 44.2 Å². The smallest absolute Gasteiger partial charge is 0.264 e. The normalized spacial score (nSPS) is 11.8. The molecule has 8 nitrogen and oxygen atoms in total. The van der Waals surface area contributed by atoms with Crippen LogP contribution in [0.15, 0.2) is 102 Å². The number of nitrogens with one attached hydrogen (secondary N) is 1. The number of halogens is 2. The average Bonchev–Trinajstić information content (AvgIpc) is 3.05. The first-order chi connectivity index (χ1) is 22.1. The summed E-state index contributed by atoms with van der Waals surface area (Å²) in [5.41, 5.74) is 2.30. The van der Waals surface area contributed by atoms with Crippen molar-refractivity contribution in [1.82, 2.24) is 10.2 Å². The van der Waals surface area contributed by atoms with Gasteiger partial charge in [-0.25, -0.2) is 8.42 Å². The number of sulfonamides is 1. The summed E-state index contributed by atoms with van der Waals surface area (Å²) >= 11 is 13.1. The van der Waals surface area contributed by atoms with Gasteiger partial charge in [-0.2, -0.15) is 0 Å². The molecule has 1 atom stereocenters. The Hall–Kier alpha value is -4.05. The van der Waals surface area contributed by atoms with E-state index in [0.29, 0.717) is 28.6 Å². The van der Waals surface area contributed by atoms with Gasteiger partial charge in [0, 0.05) is 35.1 Å². The van der Waals surface area contributed by atoms with Crippen LogP contribution in [-0.2, 0) is 32.6 Å². The molecule has 0 aliphatic carbocycles. The maximum Gasteiger partial charge on any atom is 0.264 e. The van der Waals surface area contributed by atoms with Gasteiger partial charge in [0.1, 0.15) is 18.3 Å². The zero-order chi connectivity index (χ0) is 33.3. The lowest BCUT2D eigenvalue weighted by Crippen LogP contribution is -2.53. The van der Waals surface area contributed by atoms with Crippen LogP contribution in [-0.4, -0.2) is 51.4 Å². The predicted octanol–water partition coefficient (Wildman–Crippen LogP) is 6.67. The Morgan fingerprint density at radius 1 is 0.870 bits per heavy atom. The van der Waals surface area contributed by atoms with Crippen LogP contribution in [0.4, 0.5) is 5.69 Å². The van der Waals surface area contributed by atoms with E-state index in [0.717, 1.165) is 15.4 Å². The van der Waals surface area contributed by atoms with Crippen molar-refractivity contribution < 1.29 is 22.7 Å². The van der Waals surface area contributed by atoms with Gasteiger partial charge in [0.25, 0.3) is 10.0 Å². The zero-order valence-electron chi connectivity index (χ0n) is 26.0. The lowest BCUT2D eigenvalue weighted by Gasteiger charge is -2.34. The van der Waals surface area contributed by atoms with E-state index in [2.05, 4.69) is 5.32 Å². The standard InChI is InChI=1S/C35H37Cl2N3O5S/c1-4-21-38-35(42)32(22-26-11-6-5-7-12-26)39(23-28-29(36)13-10-14-30(28)37)34(41)24-40(31-15-8-9-16-33(31)45-3)46(43,44)27-19-17-25(2)18-20-27/h5-20,32H,4,21-24H2,1-3H3,(H,38,42)/t32-/m1/s1. The molecule has 0 spiro atoms. The van der Waals surface area contributed by atoms with Gasteiger partial charge in [0.2, 0.25) is 11.8 Å². The first kappa shape index (κ1) is 34.8. The average molecular weight is 683 g/mol. The first-order valence-corrected chi connectivity index (χ1v) is 17.0. The molecule has 0 saturated heterocycles. The molecular formula is C35H37Cl2N3O5S. The number of amides is 2. The van der Waals surface area contributed by atoms with Gasteiger partial charge in [-0.15, -0.1) is 0 Å². The molecule has 1 N–H and O–H groups in total. The fourth-order valence-electron chi connectivity index (χ4n) is 4.96. The van der Waals surface area contributed by atoms with Crippen LogP contribution in [0.5, 0.6) is 5.75 Å². The molecule has 4 aromatic rings. The highest BCUT2D eigenvalue weighted by Crippen LogP contribution is 2.33. The second kappa shape index (κ2) is 16.0. The third-order valence-electron chi connectivity index (χ3n) is 7.45. The molecule has 0 aliphatic heterocycles. The molecule has 0 aliphatic rings. The molecule has 0 fully saturated rings. The molecule has 0 unspecified atom stereocenters. The van der Waals surface area contributed by atoms with E-state index >= 15 is 0 Å². The maximum atomic E-state index is 14.6. The molecule has 0 heterocycles. The van der Waals surface area contributed by atoms with Crippen molar-refractivity contribution >= 4 is 50.7 Å². The summed E-state index contributed by atoms with van der Waals surface area (Å²) < 4.78 is 35.0. The molecular weight excluding hydrogens is 645 g/mol. The van der Waals surface area contributed by atoms with Crippen LogP contribution in [0.1, 0.15) is 30.0 Å². The highest BCUT2D eigenvalue weighted by atomic mass is 35.5. The number of carbonyl (C=O) groups is 2. The number of rotatable bonds is 14. The zero-order valence-corrected chi connectivity index (χ0v) is 28.3. The molecule has 4 rings (SSSR count). The minimum Gasteiger partial charge on any atom is -0.495 e. The van der Waals surface area contributed by atoms with E-state index in [1.54, 1.807) is 54.6 Å². The minimum atomic E-state index is -4.29. The SMILES string of the molecule is CCCNC(=O)[C@@H](Cc1ccccc1)N(Cc1c(Cl)cccc1Cl)C(=O)CN(c1ccccc1OC)S(=O)(=O)c1ccc(C)cc1. The number of ether oxygens (including phenoxy) is 1. The van der Waals surface area contributed by atoms with E-state index in [1.165, 1.54) is 24.1 Å². The van der Waals surface area contributed by atoms with Gasteiger partial charge in [-0.05, 0) is 55.3 Å². The summed E-state index contributed by atoms with van der Waals surface area (Å²) in [5, 5.41) is 3.54. The van der Waals surface area contributed by atoms with Crippen molar-refractivity contribution in [3.63, 3.8) is 0 Å². The summed E-state index contributed by atoms with van der Waals surface area (Å²) in [5.74, 6) is -0.758. The van der Waals surface area contributed by atoms with Gasteiger partial charge in [0.05, 0.1) is 17.7 Å². The molecule has 0 radical (unpaired) electrons. The summed E-state index contributed by atoms with van der Waals surface area (Å²) in [6.45, 7) is 3.41. The minimum absolute atomic E-state index is 0.000899. The summed E-state index contributed by atoms with van der Waals surface area (Å²) in [6.07, 6.45) is 0.855. The van der Waals surface area contributed by atoms with Gasteiger partial charge in [0.15, 0.2) is 0 Å². The van der Waals surface area contributed by atoms with E-state index in [9.17, 15) is 18.0 Å². The maximum absolute atomic E-state index is 14.6. The molecule has 4 aromatic carbocycles. The van der Waals surface area contributed by atoms with Crippen LogP contribution in [0.2, 0.25) is 10.0 Å². The topological polar surface area (TPSA) is 96.0 Å². The largest absolute Gasteiger partial charge is 0.495 e. The number of aryl methyl sites for hydroxylation is 1. The second-order valence-corrected chi connectivity index (χ2v) is 13.4. The Balaban J connectivity index is 1.85. The van der Waals surface area contributed by atoms with Crippen LogP contribution in [0.25, 0.3) is 0 Å². The number of anilines is 1. The quantitative estimate of drug-likeness (QED) is 0.160. The number of hydrogen-bond donors (Lipinski definition) is 1. The number of nitrogens with zero attached hydrogens (tertiary/aromatic N) is 2. The third-order valence-corrected chi connectivity index (χ3v) is 9.93. The number of para-hydroxylation sites is 2. The highest BCUT2D eigenvalue weighted by Gasteiger charge is 2.36. The fourth-order valence-corrected chi connectivity index (χ4v) is 6.90. The molecule has 0 aromatic heterocycles. The van der Waals surface area contributed by atoms with Crippen molar-refractivity contribution in [3.8, 4) is 5.75 Å². The van der Waals surface area contributed by atoms with Crippen LogP contribution in [0.3, 0.4) is 0 Å². The van der Waals surface area contributed by atoms with Crippen LogP contribution in [0, 0.1) is 6.92 Å². The van der Waals surface area contributed by atoms with E-state index < -0.39 is 28.5 Å². The summed E-state index contributed by atoms with van der Waals surface area (Å²) in [4.78, 5) is 29.8. The predicted molar refractivity (Wildman–Crippen MR) is 183 cm³/mol. The Bertz CT molecular complexity index is 1730. The Morgan fingerprint density at radius 3 is 2.13 bits per heavy atom. The van der Waals surface area contributed by atoms with Crippen LogP contribution < -0.4 is 14.4 Å². The molecule has 0 bridgehead atoms. The summed E-state index contributed by atoms with van der Waals surface area (Å²) in [7, 11) is -2.86. The first-order valence-electron chi connectivity index (χ1n) is 14.8. The second-order valence-electron chi connectivity index (χ2n) is 10.7. The van der Waals surface area contributed by atoms with E-state index in [4.69, 9.17) is 27.9 Å². The van der Waals surface area contributed by atoms with Crippen molar-refractivity contribution in [2.45, 2.75) is 44.2 Å². The van der Waals surface area contributed by atoms with E-state index in [-0.39, 0.29) is 35.2 Å². The number of methoxy groups -OCH3 is 1. The van der Waals surface area contributed by atoms with Crippen LogP contribution >= 0.6 is 23.2 Å². The van der Waals surface area contributed by atoms with Crippen molar-refractivity contribution in [3.05, 3.63) is 124 Å². The highest BCUT2D eigenvalue weighted by molar-refractivity contribution is 7.92. The Morgan fingerprint density at radius 2 is 1.50 bits per heavy atom. The molecule has 242 valence electrons. The molecule has 11 heteroatoms. The van der Waals surface area contributed by atoms with Gasteiger partial charge in [-0.3, -0.25) is 13.9 Å². The molecule has 2 amide bonds. The lowest BCUT2D eigenvalue weighted by atomic mass is 10.0.